The number of aliphatic hydroxyl groups is 1. The van der Waals surface area contributed by atoms with Crippen molar-refractivity contribution in [1.29, 1.82) is 0 Å². The Kier molecular flexibility index (Phi) is 4.18. The molecule has 8 heteroatoms. The summed E-state index contributed by atoms with van der Waals surface area (Å²) in [6.45, 7) is 0. The highest BCUT2D eigenvalue weighted by Gasteiger charge is 2.24. The van der Waals surface area contributed by atoms with E-state index in [0.717, 1.165) is 16.0 Å². The van der Waals surface area contributed by atoms with Crippen LogP contribution in [-0.2, 0) is 0 Å². The molecule has 2 aromatic carbocycles. The first-order valence-electron chi connectivity index (χ1n) is 7.26. The predicted molar refractivity (Wildman–Crippen MR) is 94.0 cm³/mol. The molecule has 0 saturated carbocycles. The van der Waals surface area contributed by atoms with E-state index >= 15 is 0 Å². The minimum Gasteiger partial charge on any atom is -0.383 e. The zero-order valence-corrected chi connectivity index (χ0v) is 14.9. The second kappa shape index (κ2) is 6.36. The smallest absolute Gasteiger partial charge is 0.163 e. The highest BCUT2D eigenvalue weighted by atomic mass is 79.9. The maximum absolute atomic E-state index is 14.2. The molecule has 2 N–H and O–H groups in total. The molecule has 1 aliphatic rings. The van der Waals surface area contributed by atoms with Crippen LogP contribution in [0.25, 0.3) is 0 Å². The SMILES string of the molecule is OC(c1ccc2c(c1)Nc1nccnc1S2)c1c(F)ccc(Br)c1F. The van der Waals surface area contributed by atoms with Gasteiger partial charge in [-0.05, 0) is 45.8 Å². The number of nitrogens with one attached hydrogen (secondary N) is 1. The fraction of sp³-hybridized carbons (Fsp3) is 0.0588. The Labute approximate surface area is 154 Å². The molecule has 0 radical (unpaired) electrons. The van der Waals surface area contributed by atoms with E-state index in [4.69, 9.17) is 0 Å². The lowest BCUT2D eigenvalue weighted by Gasteiger charge is -2.21. The van der Waals surface area contributed by atoms with Gasteiger partial charge in [0.25, 0.3) is 0 Å². The van der Waals surface area contributed by atoms with E-state index in [0.29, 0.717) is 17.1 Å². The van der Waals surface area contributed by atoms with Crippen molar-refractivity contribution in [3.8, 4) is 0 Å². The Bertz CT molecular complexity index is 986. The van der Waals surface area contributed by atoms with Crippen molar-refractivity contribution in [2.45, 2.75) is 16.0 Å². The average Bonchev–Trinajstić information content (AvgIpc) is 2.62. The van der Waals surface area contributed by atoms with Gasteiger partial charge in [0.2, 0.25) is 0 Å². The van der Waals surface area contributed by atoms with Crippen LogP contribution in [0.2, 0.25) is 0 Å². The number of aromatic nitrogens is 2. The molecule has 0 saturated heterocycles. The van der Waals surface area contributed by atoms with Crippen LogP contribution < -0.4 is 5.32 Å². The zero-order valence-electron chi connectivity index (χ0n) is 12.5. The van der Waals surface area contributed by atoms with Crippen molar-refractivity contribution in [2.24, 2.45) is 0 Å². The van der Waals surface area contributed by atoms with E-state index in [2.05, 4.69) is 31.2 Å². The standard InChI is InChI=1S/C17H10BrF2N3OS/c18-9-2-3-10(19)13(14(9)20)15(24)8-1-4-12-11(7-8)23-16-17(25-12)22-6-5-21-16/h1-7,15,24H,(H,21,23). The molecule has 1 aromatic heterocycles. The predicted octanol–water partition coefficient (Wildman–Crippen LogP) is 4.81. The number of aliphatic hydroxyl groups excluding tert-OH is 1. The molecule has 0 fully saturated rings. The maximum atomic E-state index is 14.2. The monoisotopic (exact) mass is 421 g/mol. The summed E-state index contributed by atoms with van der Waals surface area (Å²) in [5.74, 6) is -1.01. The van der Waals surface area contributed by atoms with Gasteiger partial charge in [0, 0.05) is 17.3 Å². The number of benzene rings is 2. The summed E-state index contributed by atoms with van der Waals surface area (Å²) in [5.41, 5.74) is 0.679. The summed E-state index contributed by atoms with van der Waals surface area (Å²) in [6.07, 6.45) is 1.75. The lowest BCUT2D eigenvalue weighted by molar-refractivity contribution is 0.209. The number of halogens is 3. The summed E-state index contributed by atoms with van der Waals surface area (Å²) >= 11 is 4.45. The number of hydrogen-bond donors (Lipinski definition) is 2. The lowest BCUT2D eigenvalue weighted by Crippen LogP contribution is -2.08. The molecular formula is C17H10BrF2N3OS. The van der Waals surface area contributed by atoms with E-state index < -0.39 is 23.3 Å². The first kappa shape index (κ1) is 16.4. The van der Waals surface area contributed by atoms with Gasteiger partial charge in [-0.25, -0.2) is 18.7 Å². The number of rotatable bonds is 2. The van der Waals surface area contributed by atoms with Crippen molar-refractivity contribution in [1.82, 2.24) is 9.97 Å². The van der Waals surface area contributed by atoms with Gasteiger partial charge in [0.15, 0.2) is 5.82 Å². The Balaban J connectivity index is 1.73. The van der Waals surface area contributed by atoms with E-state index in [1.165, 1.54) is 17.8 Å². The zero-order chi connectivity index (χ0) is 17.6. The molecule has 1 atom stereocenters. The van der Waals surface area contributed by atoms with Gasteiger partial charge < -0.3 is 10.4 Å². The van der Waals surface area contributed by atoms with Crippen molar-refractivity contribution < 1.29 is 13.9 Å². The Morgan fingerprint density at radius 2 is 1.92 bits per heavy atom. The number of nitrogens with zero attached hydrogens (tertiary/aromatic N) is 2. The van der Waals surface area contributed by atoms with E-state index in [9.17, 15) is 13.9 Å². The number of fused-ring (bicyclic) bond motifs is 2. The third-order valence-electron chi connectivity index (χ3n) is 3.80. The van der Waals surface area contributed by atoms with Gasteiger partial charge in [-0.2, -0.15) is 0 Å². The molecule has 0 amide bonds. The topological polar surface area (TPSA) is 58.0 Å². The van der Waals surface area contributed by atoms with Crippen LogP contribution >= 0.6 is 27.7 Å². The summed E-state index contributed by atoms with van der Waals surface area (Å²) < 4.78 is 28.4. The van der Waals surface area contributed by atoms with Crippen molar-refractivity contribution in [2.75, 3.05) is 5.32 Å². The minimum atomic E-state index is -1.43. The fourth-order valence-electron chi connectivity index (χ4n) is 2.58. The van der Waals surface area contributed by atoms with Crippen LogP contribution in [0.1, 0.15) is 17.2 Å². The van der Waals surface area contributed by atoms with Crippen LogP contribution in [0.5, 0.6) is 0 Å². The molecule has 0 spiro atoms. The summed E-state index contributed by atoms with van der Waals surface area (Å²) in [4.78, 5) is 9.34. The quantitative estimate of drug-likeness (QED) is 0.455. The van der Waals surface area contributed by atoms with Crippen molar-refractivity contribution in [3.05, 3.63) is 70.0 Å². The van der Waals surface area contributed by atoms with Crippen LogP contribution in [0, 0.1) is 11.6 Å². The average molecular weight is 422 g/mol. The molecule has 4 rings (SSSR count). The lowest BCUT2D eigenvalue weighted by atomic mass is 10.00. The fourth-order valence-corrected chi connectivity index (χ4v) is 3.81. The van der Waals surface area contributed by atoms with Crippen molar-refractivity contribution >= 4 is 39.2 Å². The van der Waals surface area contributed by atoms with Crippen LogP contribution in [0.3, 0.4) is 0 Å². The van der Waals surface area contributed by atoms with Crippen LogP contribution in [0.15, 0.2) is 57.1 Å². The van der Waals surface area contributed by atoms with E-state index in [1.54, 1.807) is 30.6 Å². The van der Waals surface area contributed by atoms with Gasteiger partial charge in [-0.3, -0.25) is 0 Å². The van der Waals surface area contributed by atoms with E-state index in [-0.39, 0.29) is 4.47 Å². The summed E-state index contributed by atoms with van der Waals surface area (Å²) in [5, 5.41) is 14.4. The van der Waals surface area contributed by atoms with Gasteiger partial charge >= 0.3 is 0 Å². The molecule has 2 heterocycles. The molecule has 0 aliphatic carbocycles. The first-order valence-corrected chi connectivity index (χ1v) is 8.87. The Morgan fingerprint density at radius 3 is 2.76 bits per heavy atom. The normalized spacial score (nSPS) is 13.6. The number of anilines is 2. The highest BCUT2D eigenvalue weighted by molar-refractivity contribution is 9.10. The molecule has 1 aliphatic heterocycles. The first-order chi connectivity index (χ1) is 12.0. The van der Waals surface area contributed by atoms with E-state index in [1.807, 2.05) is 0 Å². The molecule has 0 bridgehead atoms. The highest BCUT2D eigenvalue weighted by Crippen LogP contribution is 2.43. The van der Waals surface area contributed by atoms with Crippen LogP contribution in [-0.4, -0.2) is 15.1 Å². The summed E-state index contributed by atoms with van der Waals surface area (Å²) in [7, 11) is 0. The van der Waals surface area contributed by atoms with Gasteiger partial charge in [-0.15, -0.1) is 0 Å². The third kappa shape index (κ3) is 2.90. The maximum Gasteiger partial charge on any atom is 0.163 e. The largest absolute Gasteiger partial charge is 0.383 e. The van der Waals surface area contributed by atoms with Crippen molar-refractivity contribution in [3.63, 3.8) is 0 Å². The Morgan fingerprint density at radius 1 is 1.12 bits per heavy atom. The summed E-state index contributed by atoms with van der Waals surface area (Å²) in [6, 6.07) is 7.45. The molecule has 1 unspecified atom stereocenters. The second-order valence-corrected chi connectivity index (χ2v) is 7.24. The minimum absolute atomic E-state index is 0.0961. The van der Waals surface area contributed by atoms with Gasteiger partial charge in [-0.1, -0.05) is 17.8 Å². The van der Waals surface area contributed by atoms with Crippen LogP contribution in [0.4, 0.5) is 20.3 Å². The molecule has 4 nitrogen and oxygen atoms in total. The number of hydrogen-bond acceptors (Lipinski definition) is 5. The molecule has 3 aromatic rings. The third-order valence-corrected chi connectivity index (χ3v) is 5.48. The molecule has 126 valence electrons. The van der Waals surface area contributed by atoms with Gasteiger partial charge in [0.05, 0.1) is 15.7 Å². The van der Waals surface area contributed by atoms with Gasteiger partial charge in [0.1, 0.15) is 22.8 Å². The molecular weight excluding hydrogens is 412 g/mol. The second-order valence-electron chi connectivity index (χ2n) is 5.35. The molecule has 25 heavy (non-hydrogen) atoms. The Hall–Kier alpha value is -2.03.